The normalized spacial score (nSPS) is 11.1. The van der Waals surface area contributed by atoms with E-state index in [0.29, 0.717) is 22.1 Å². The molecule has 3 heteroatoms. The molecule has 0 aliphatic carbocycles. The highest BCUT2D eigenvalue weighted by Gasteiger charge is 2.19. The molecule has 17 heavy (non-hydrogen) atoms. The summed E-state index contributed by atoms with van der Waals surface area (Å²) in [6, 6.07) is 7.12. The van der Waals surface area contributed by atoms with Crippen molar-refractivity contribution in [2.45, 2.75) is 26.7 Å². The third-order valence-electron chi connectivity index (χ3n) is 2.78. The molecule has 0 bridgehead atoms. The van der Waals surface area contributed by atoms with Gasteiger partial charge in [-0.3, -0.25) is 4.79 Å². The molecule has 0 radical (unpaired) electrons. The fourth-order valence-electron chi connectivity index (χ4n) is 2.07. The SMILES string of the molecule is CC(=O)c1c(C(C)C)c(=O)oc2ccccc12. The van der Waals surface area contributed by atoms with Crippen LogP contribution in [0, 0.1) is 0 Å². The summed E-state index contributed by atoms with van der Waals surface area (Å²) in [6.45, 7) is 5.24. The summed E-state index contributed by atoms with van der Waals surface area (Å²) >= 11 is 0. The molecule has 1 heterocycles. The standard InChI is InChI=1S/C14H14O3/c1-8(2)12-13(9(3)15)10-6-4-5-7-11(10)17-14(12)16/h4-8H,1-3H3. The number of benzene rings is 1. The number of carbonyl (C=O) groups is 1. The molecule has 0 saturated carbocycles. The van der Waals surface area contributed by atoms with E-state index in [1.54, 1.807) is 18.2 Å². The maximum atomic E-state index is 11.9. The highest BCUT2D eigenvalue weighted by molar-refractivity contribution is 6.06. The number of hydrogen-bond donors (Lipinski definition) is 0. The molecule has 88 valence electrons. The fraction of sp³-hybridized carbons (Fsp3) is 0.286. The van der Waals surface area contributed by atoms with Crippen LogP contribution in [0.1, 0.15) is 42.6 Å². The number of ketones is 1. The molecule has 0 unspecified atom stereocenters. The van der Waals surface area contributed by atoms with E-state index in [9.17, 15) is 9.59 Å². The first-order valence-corrected chi connectivity index (χ1v) is 5.59. The van der Waals surface area contributed by atoms with Crippen molar-refractivity contribution in [2.75, 3.05) is 0 Å². The molecule has 0 aliphatic rings. The Morgan fingerprint density at radius 1 is 1.24 bits per heavy atom. The van der Waals surface area contributed by atoms with Gasteiger partial charge in [0, 0.05) is 10.9 Å². The zero-order valence-corrected chi connectivity index (χ0v) is 10.1. The van der Waals surface area contributed by atoms with Gasteiger partial charge in [-0.1, -0.05) is 32.0 Å². The van der Waals surface area contributed by atoms with Crippen molar-refractivity contribution in [3.05, 3.63) is 45.8 Å². The van der Waals surface area contributed by atoms with Crippen LogP contribution in [0.25, 0.3) is 11.0 Å². The quantitative estimate of drug-likeness (QED) is 0.588. The Kier molecular flexibility index (Phi) is 2.84. The van der Waals surface area contributed by atoms with Crippen molar-refractivity contribution < 1.29 is 9.21 Å². The van der Waals surface area contributed by atoms with Gasteiger partial charge in [-0.25, -0.2) is 4.79 Å². The second kappa shape index (κ2) is 4.17. The highest BCUT2D eigenvalue weighted by Crippen LogP contribution is 2.24. The average molecular weight is 230 g/mol. The molecule has 0 N–H and O–H groups in total. The van der Waals surface area contributed by atoms with Crippen LogP contribution in [0.3, 0.4) is 0 Å². The Morgan fingerprint density at radius 3 is 2.47 bits per heavy atom. The minimum absolute atomic E-state index is 0.0326. The molecule has 3 nitrogen and oxygen atoms in total. The molecule has 1 aromatic heterocycles. The minimum Gasteiger partial charge on any atom is -0.422 e. The van der Waals surface area contributed by atoms with Crippen LogP contribution >= 0.6 is 0 Å². The Labute approximate surface area is 99.1 Å². The first kappa shape index (κ1) is 11.6. The van der Waals surface area contributed by atoms with Crippen LogP contribution in [0.4, 0.5) is 0 Å². The van der Waals surface area contributed by atoms with Crippen molar-refractivity contribution in [2.24, 2.45) is 0 Å². The van der Waals surface area contributed by atoms with E-state index in [1.807, 2.05) is 19.9 Å². The second-order valence-corrected chi connectivity index (χ2v) is 4.39. The lowest BCUT2D eigenvalue weighted by Crippen LogP contribution is -2.15. The van der Waals surface area contributed by atoms with Gasteiger partial charge in [0.05, 0.1) is 5.56 Å². The van der Waals surface area contributed by atoms with Crippen LogP contribution in [0.2, 0.25) is 0 Å². The Hall–Kier alpha value is -1.90. The van der Waals surface area contributed by atoms with Crippen LogP contribution in [-0.2, 0) is 0 Å². The van der Waals surface area contributed by atoms with E-state index in [4.69, 9.17) is 4.42 Å². The second-order valence-electron chi connectivity index (χ2n) is 4.39. The third-order valence-corrected chi connectivity index (χ3v) is 2.78. The van der Waals surface area contributed by atoms with Gasteiger partial charge >= 0.3 is 5.63 Å². The zero-order valence-electron chi connectivity index (χ0n) is 10.1. The Balaban J connectivity index is 2.99. The molecule has 0 amide bonds. The summed E-state index contributed by atoms with van der Waals surface area (Å²) in [6.07, 6.45) is 0. The molecule has 0 atom stereocenters. The van der Waals surface area contributed by atoms with Crippen LogP contribution in [0.5, 0.6) is 0 Å². The fourth-order valence-corrected chi connectivity index (χ4v) is 2.07. The van der Waals surface area contributed by atoms with Gasteiger partial charge in [-0.2, -0.15) is 0 Å². The van der Waals surface area contributed by atoms with E-state index >= 15 is 0 Å². The van der Waals surface area contributed by atoms with Gasteiger partial charge in [-0.15, -0.1) is 0 Å². The molecular formula is C14H14O3. The minimum atomic E-state index is -0.413. The maximum Gasteiger partial charge on any atom is 0.340 e. The lowest BCUT2D eigenvalue weighted by molar-refractivity contribution is 0.101. The molecule has 2 rings (SSSR count). The molecule has 1 aromatic carbocycles. The van der Waals surface area contributed by atoms with Gasteiger partial charge < -0.3 is 4.42 Å². The van der Waals surface area contributed by atoms with Crippen molar-refractivity contribution in [3.63, 3.8) is 0 Å². The lowest BCUT2D eigenvalue weighted by atomic mass is 9.94. The van der Waals surface area contributed by atoms with Gasteiger partial charge in [0.1, 0.15) is 5.58 Å². The van der Waals surface area contributed by atoms with Gasteiger partial charge in [-0.05, 0) is 18.9 Å². The summed E-state index contributed by atoms with van der Waals surface area (Å²) in [5, 5.41) is 0.711. The van der Waals surface area contributed by atoms with Gasteiger partial charge in [0.25, 0.3) is 0 Å². The number of rotatable bonds is 2. The highest BCUT2D eigenvalue weighted by atomic mass is 16.4. The molecule has 0 fully saturated rings. The smallest absolute Gasteiger partial charge is 0.340 e. The number of hydrogen-bond acceptors (Lipinski definition) is 3. The van der Waals surface area contributed by atoms with E-state index in [-0.39, 0.29) is 11.7 Å². The summed E-state index contributed by atoms with van der Waals surface area (Å²) in [4.78, 5) is 23.6. The van der Waals surface area contributed by atoms with E-state index in [1.165, 1.54) is 6.92 Å². The summed E-state index contributed by atoms with van der Waals surface area (Å²) < 4.78 is 5.24. The van der Waals surface area contributed by atoms with Crippen molar-refractivity contribution in [1.82, 2.24) is 0 Å². The number of fused-ring (bicyclic) bond motifs is 1. The number of para-hydroxylation sites is 1. The molecule has 2 aromatic rings. The first-order valence-electron chi connectivity index (χ1n) is 5.59. The van der Waals surface area contributed by atoms with Crippen molar-refractivity contribution in [1.29, 1.82) is 0 Å². The molecular weight excluding hydrogens is 216 g/mol. The number of Topliss-reactive ketones (excluding diaryl/α,β-unsaturated/α-hetero) is 1. The van der Waals surface area contributed by atoms with Gasteiger partial charge in [0.2, 0.25) is 0 Å². The summed E-state index contributed by atoms with van der Waals surface area (Å²) in [7, 11) is 0. The molecule has 0 aliphatic heterocycles. The monoisotopic (exact) mass is 230 g/mol. The number of carbonyl (C=O) groups excluding carboxylic acids is 1. The van der Waals surface area contributed by atoms with Crippen molar-refractivity contribution in [3.8, 4) is 0 Å². The maximum absolute atomic E-state index is 11.9. The van der Waals surface area contributed by atoms with E-state index < -0.39 is 5.63 Å². The lowest BCUT2D eigenvalue weighted by Gasteiger charge is -2.11. The third kappa shape index (κ3) is 1.88. The predicted molar refractivity (Wildman–Crippen MR) is 66.6 cm³/mol. The largest absolute Gasteiger partial charge is 0.422 e. The van der Waals surface area contributed by atoms with Gasteiger partial charge in [0.15, 0.2) is 5.78 Å². The zero-order chi connectivity index (χ0) is 12.6. The Morgan fingerprint density at radius 2 is 1.88 bits per heavy atom. The first-order chi connectivity index (χ1) is 8.02. The van der Waals surface area contributed by atoms with Crippen molar-refractivity contribution >= 4 is 16.8 Å². The average Bonchev–Trinajstić information content (AvgIpc) is 2.26. The summed E-state index contributed by atoms with van der Waals surface area (Å²) in [5.41, 5.74) is 1.01. The predicted octanol–water partition coefficient (Wildman–Crippen LogP) is 3.12. The van der Waals surface area contributed by atoms with Crippen LogP contribution in [-0.4, -0.2) is 5.78 Å². The Bertz CT molecular complexity index is 635. The van der Waals surface area contributed by atoms with E-state index in [0.717, 1.165) is 0 Å². The topological polar surface area (TPSA) is 47.3 Å². The van der Waals surface area contributed by atoms with Crippen LogP contribution in [0.15, 0.2) is 33.5 Å². The van der Waals surface area contributed by atoms with Crippen LogP contribution < -0.4 is 5.63 Å². The summed E-state index contributed by atoms with van der Waals surface area (Å²) in [5.74, 6) is -0.132. The molecule has 0 spiro atoms. The molecule has 0 saturated heterocycles. The van der Waals surface area contributed by atoms with E-state index in [2.05, 4.69) is 0 Å².